The summed E-state index contributed by atoms with van der Waals surface area (Å²) in [4.78, 5) is 29.9. The van der Waals surface area contributed by atoms with E-state index < -0.39 is 35.5 Å². The molecule has 0 unspecified atom stereocenters. The van der Waals surface area contributed by atoms with E-state index in [1.807, 2.05) is 95.3 Å². The Morgan fingerprint density at radius 3 is 1.88 bits per heavy atom. The van der Waals surface area contributed by atoms with Crippen molar-refractivity contribution in [2.24, 2.45) is 0 Å². The molecule has 7 nitrogen and oxygen atoms in total. The Morgan fingerprint density at radius 1 is 0.971 bits per heavy atom. The molecule has 0 bridgehead atoms. The van der Waals surface area contributed by atoms with Gasteiger partial charge in [-0.25, -0.2) is 9.59 Å². The Bertz CT molecular complexity index is 904. The Labute approximate surface area is 202 Å². The molecule has 0 spiro atoms. The van der Waals surface area contributed by atoms with Crippen LogP contribution in [0.1, 0.15) is 45.7 Å². The molecule has 1 aliphatic heterocycles. The molecule has 0 aromatic heterocycles. The van der Waals surface area contributed by atoms with Gasteiger partial charge in [-0.05, 0) is 45.7 Å². The molecule has 0 radical (unpaired) electrons. The number of carbonyl (C=O) groups excluding carboxylic acids is 2. The van der Waals surface area contributed by atoms with Gasteiger partial charge in [-0.2, -0.15) is 0 Å². The minimum absolute atomic E-state index is 0.377. The zero-order chi connectivity index (χ0) is 24.9. The van der Waals surface area contributed by atoms with E-state index in [1.54, 1.807) is 4.90 Å². The topological polar surface area (TPSA) is 68.3 Å². The van der Waals surface area contributed by atoms with Crippen molar-refractivity contribution in [1.82, 2.24) is 9.80 Å². The van der Waals surface area contributed by atoms with Gasteiger partial charge < -0.3 is 14.2 Å². The van der Waals surface area contributed by atoms with Gasteiger partial charge >= 0.3 is 12.1 Å². The van der Waals surface area contributed by atoms with E-state index in [2.05, 4.69) is 4.90 Å². The first-order valence-corrected chi connectivity index (χ1v) is 11.6. The lowest BCUT2D eigenvalue weighted by Crippen LogP contribution is -2.56. The van der Waals surface area contributed by atoms with Gasteiger partial charge in [0.15, 0.2) is 0 Å². The van der Waals surface area contributed by atoms with Crippen molar-refractivity contribution in [3.05, 3.63) is 71.8 Å². The Balaban J connectivity index is 1.88. The molecule has 0 N–H and O–H groups in total. The van der Waals surface area contributed by atoms with E-state index >= 15 is 0 Å². The molecule has 1 amide bonds. The number of ether oxygens (including phenoxy) is 3. The first kappa shape index (κ1) is 25.7. The number of hydrogen-bond donors (Lipinski definition) is 0. The predicted octanol–water partition coefficient (Wildman–Crippen LogP) is 4.60. The molecule has 7 heteroatoms. The molecule has 184 valence electrons. The number of rotatable bonds is 8. The number of hydrogen-bond acceptors (Lipinski definition) is 6. The maximum atomic E-state index is 13.3. The number of benzene rings is 2. The molecule has 2 aromatic rings. The summed E-state index contributed by atoms with van der Waals surface area (Å²) in [6.07, 6.45) is -1.72. The van der Waals surface area contributed by atoms with Gasteiger partial charge in [0.05, 0.1) is 25.3 Å². The maximum absolute atomic E-state index is 13.3. The molecule has 34 heavy (non-hydrogen) atoms. The van der Waals surface area contributed by atoms with E-state index in [1.165, 1.54) is 7.11 Å². The average molecular weight is 469 g/mol. The first-order chi connectivity index (χ1) is 16.0. The zero-order valence-electron chi connectivity index (χ0n) is 21.0. The molecule has 1 saturated heterocycles. The summed E-state index contributed by atoms with van der Waals surface area (Å²) in [5, 5.41) is 0. The maximum Gasteiger partial charge on any atom is 0.413 e. The van der Waals surface area contributed by atoms with Crippen molar-refractivity contribution >= 4 is 12.1 Å². The van der Waals surface area contributed by atoms with E-state index in [4.69, 9.17) is 14.2 Å². The van der Waals surface area contributed by atoms with Crippen molar-refractivity contribution < 1.29 is 23.8 Å². The fourth-order valence-corrected chi connectivity index (χ4v) is 4.47. The lowest BCUT2D eigenvalue weighted by atomic mass is 10.0. The van der Waals surface area contributed by atoms with Gasteiger partial charge in [-0.15, -0.1) is 0 Å². The Morgan fingerprint density at radius 2 is 1.47 bits per heavy atom. The number of esters is 1. The summed E-state index contributed by atoms with van der Waals surface area (Å²) >= 11 is 0. The fourth-order valence-electron chi connectivity index (χ4n) is 4.47. The van der Waals surface area contributed by atoms with E-state index in [9.17, 15) is 9.59 Å². The van der Waals surface area contributed by atoms with Gasteiger partial charge in [0.25, 0.3) is 0 Å². The van der Waals surface area contributed by atoms with Gasteiger partial charge in [-0.3, -0.25) is 9.80 Å². The first-order valence-electron chi connectivity index (χ1n) is 11.6. The summed E-state index contributed by atoms with van der Waals surface area (Å²) in [6, 6.07) is 19.6. The van der Waals surface area contributed by atoms with Crippen LogP contribution in [-0.4, -0.2) is 59.0 Å². The van der Waals surface area contributed by atoms with E-state index in [0.717, 1.165) is 11.1 Å². The predicted molar refractivity (Wildman–Crippen MR) is 130 cm³/mol. The third kappa shape index (κ3) is 5.96. The molecule has 1 fully saturated rings. The Kier molecular flexibility index (Phi) is 8.00. The van der Waals surface area contributed by atoms with Crippen LogP contribution < -0.4 is 0 Å². The highest BCUT2D eigenvalue weighted by Gasteiger charge is 2.51. The van der Waals surface area contributed by atoms with Crippen molar-refractivity contribution in [1.29, 1.82) is 0 Å². The number of carbonyl (C=O) groups is 2. The van der Waals surface area contributed by atoms with Crippen LogP contribution in [0.2, 0.25) is 0 Å². The van der Waals surface area contributed by atoms with Crippen LogP contribution in [0.4, 0.5) is 4.79 Å². The highest BCUT2D eigenvalue weighted by molar-refractivity contribution is 5.80. The van der Waals surface area contributed by atoms with Gasteiger partial charge in [-0.1, -0.05) is 60.7 Å². The van der Waals surface area contributed by atoms with E-state index in [-0.39, 0.29) is 0 Å². The molecule has 0 aliphatic carbocycles. The molecule has 1 aliphatic rings. The third-order valence-corrected chi connectivity index (χ3v) is 6.24. The quantitative estimate of drug-likeness (QED) is 0.528. The highest BCUT2D eigenvalue weighted by atomic mass is 16.6. The molecule has 3 rings (SSSR count). The molecule has 2 atom stereocenters. The number of nitrogens with zero attached hydrogens (tertiary/aromatic N) is 2. The van der Waals surface area contributed by atoms with Crippen molar-refractivity contribution in [2.75, 3.05) is 13.7 Å². The normalized spacial score (nSPS) is 18.4. The summed E-state index contributed by atoms with van der Waals surface area (Å²) in [7, 11) is 1.31. The zero-order valence-corrected chi connectivity index (χ0v) is 21.0. The molecule has 2 aromatic carbocycles. The summed E-state index contributed by atoms with van der Waals surface area (Å²) in [6.45, 7) is 10.9. The highest BCUT2D eigenvalue weighted by Crippen LogP contribution is 2.35. The second-order valence-electron chi connectivity index (χ2n) is 9.83. The van der Waals surface area contributed by atoms with E-state index in [0.29, 0.717) is 19.7 Å². The van der Waals surface area contributed by atoms with Gasteiger partial charge in [0.2, 0.25) is 6.10 Å². The largest absolute Gasteiger partial charge is 0.466 e. The summed E-state index contributed by atoms with van der Waals surface area (Å²) < 4.78 is 16.7. The molecule has 1 heterocycles. The van der Waals surface area contributed by atoms with Gasteiger partial charge in [0.1, 0.15) is 5.72 Å². The standard InChI is InChI=1S/C27H36N2O5/c1-20(28(17-21-13-9-7-10-14-21)18-22-15-11-8-12-16-22)23(24(30)32-6)34-25(31)29-26(2,3)19-33-27(29,4)5/h7-16,20,23H,17-19H2,1-6H3/t20-,23-/m0/s1. The van der Waals surface area contributed by atoms with Crippen molar-refractivity contribution in [3.8, 4) is 0 Å². The summed E-state index contributed by atoms with van der Waals surface area (Å²) in [5.74, 6) is -0.595. The van der Waals surface area contributed by atoms with Crippen LogP contribution in [0.3, 0.4) is 0 Å². The lowest BCUT2D eigenvalue weighted by Gasteiger charge is -2.39. The SMILES string of the molecule is COC(=O)[C@@H](OC(=O)N1C(C)(C)COC1(C)C)[C@H](C)N(Cc1ccccc1)Cc1ccccc1. The van der Waals surface area contributed by atoms with Crippen molar-refractivity contribution in [3.63, 3.8) is 0 Å². The Hall–Kier alpha value is -2.90. The van der Waals surface area contributed by atoms with Gasteiger partial charge in [0, 0.05) is 13.1 Å². The van der Waals surface area contributed by atoms with Crippen LogP contribution >= 0.6 is 0 Å². The second kappa shape index (κ2) is 10.6. The minimum atomic E-state index is -1.11. The number of amides is 1. The smallest absolute Gasteiger partial charge is 0.413 e. The molecular formula is C27H36N2O5. The summed E-state index contributed by atoms with van der Waals surface area (Å²) in [5.41, 5.74) is 0.766. The third-order valence-electron chi connectivity index (χ3n) is 6.24. The average Bonchev–Trinajstić information content (AvgIpc) is 3.04. The minimum Gasteiger partial charge on any atom is -0.466 e. The van der Waals surface area contributed by atoms with Crippen LogP contribution in [-0.2, 0) is 32.1 Å². The van der Waals surface area contributed by atoms with Crippen LogP contribution in [0.5, 0.6) is 0 Å². The number of methoxy groups -OCH3 is 1. The lowest BCUT2D eigenvalue weighted by molar-refractivity contribution is -0.156. The van der Waals surface area contributed by atoms with Crippen LogP contribution in [0.25, 0.3) is 0 Å². The molecular weight excluding hydrogens is 432 g/mol. The van der Waals surface area contributed by atoms with Crippen molar-refractivity contribution in [2.45, 2.75) is 71.1 Å². The van der Waals surface area contributed by atoms with Crippen LogP contribution in [0.15, 0.2) is 60.7 Å². The van der Waals surface area contributed by atoms with Crippen LogP contribution in [0, 0.1) is 0 Å². The second-order valence-corrected chi connectivity index (χ2v) is 9.83. The fraction of sp³-hybridized carbons (Fsp3) is 0.481. The molecule has 0 saturated carbocycles. The monoisotopic (exact) mass is 468 g/mol.